The molecule has 0 spiro atoms. The summed E-state index contributed by atoms with van der Waals surface area (Å²) in [7, 11) is 1.70. The van der Waals surface area contributed by atoms with Crippen molar-refractivity contribution in [3.05, 3.63) is 89.5 Å². The average Bonchev–Trinajstić information content (AvgIpc) is 3.20. The van der Waals surface area contributed by atoms with Gasteiger partial charge in [-0.25, -0.2) is 4.90 Å². The minimum atomic E-state index is -0.409. The molecule has 8 nitrogen and oxygen atoms in total. The van der Waals surface area contributed by atoms with Gasteiger partial charge >= 0.3 is 0 Å². The first-order valence-electron chi connectivity index (χ1n) is 12.5. The van der Waals surface area contributed by atoms with E-state index in [1.165, 1.54) is 6.07 Å². The van der Waals surface area contributed by atoms with Crippen molar-refractivity contribution in [2.75, 3.05) is 56.2 Å². The maximum atomic E-state index is 12.9. The maximum absolute atomic E-state index is 12.9. The molecule has 3 aromatic carbocycles. The Morgan fingerprint density at radius 2 is 1.57 bits per heavy atom. The number of hydrogen-bond acceptors (Lipinski definition) is 6. The smallest absolute Gasteiger partial charge is 0.266 e. The molecular weight excluding hydrogens is 468 g/mol. The third-order valence-electron chi connectivity index (χ3n) is 6.90. The van der Waals surface area contributed by atoms with Gasteiger partial charge in [-0.15, -0.1) is 0 Å². The van der Waals surface area contributed by atoms with Gasteiger partial charge in [0.2, 0.25) is 0 Å². The molecule has 1 saturated heterocycles. The van der Waals surface area contributed by atoms with Crippen molar-refractivity contribution < 1.29 is 19.1 Å². The number of para-hydroxylation sites is 3. The van der Waals surface area contributed by atoms with Gasteiger partial charge in [-0.3, -0.25) is 19.3 Å². The zero-order valence-corrected chi connectivity index (χ0v) is 20.9. The zero-order chi connectivity index (χ0) is 25.8. The molecule has 3 aromatic rings. The summed E-state index contributed by atoms with van der Waals surface area (Å²) in [6.07, 6.45) is 0.824. The highest BCUT2D eigenvalue weighted by molar-refractivity contribution is 6.34. The molecule has 2 heterocycles. The van der Waals surface area contributed by atoms with E-state index in [2.05, 4.69) is 21.2 Å². The number of nitrogens with zero attached hydrogens (tertiary/aromatic N) is 3. The number of amides is 3. The van der Waals surface area contributed by atoms with Gasteiger partial charge in [0.25, 0.3) is 17.7 Å². The first kappa shape index (κ1) is 24.5. The Kier molecular flexibility index (Phi) is 7.18. The van der Waals surface area contributed by atoms with Crippen molar-refractivity contribution >= 4 is 29.1 Å². The number of hydrogen-bond donors (Lipinski definition) is 1. The summed E-state index contributed by atoms with van der Waals surface area (Å²) >= 11 is 0. The third kappa shape index (κ3) is 5.06. The molecule has 190 valence electrons. The molecule has 0 unspecified atom stereocenters. The number of methoxy groups -OCH3 is 1. The molecule has 0 bridgehead atoms. The van der Waals surface area contributed by atoms with Crippen LogP contribution in [0.2, 0.25) is 0 Å². The molecule has 8 heteroatoms. The average molecular weight is 499 g/mol. The lowest BCUT2D eigenvalue weighted by Crippen LogP contribution is -2.47. The van der Waals surface area contributed by atoms with Crippen molar-refractivity contribution in [1.82, 2.24) is 10.2 Å². The number of benzene rings is 3. The number of carbonyl (C=O) groups excluding carboxylic acids is 3. The molecule has 2 aliphatic rings. The molecule has 1 N–H and O–H groups in total. The SMILES string of the molecule is COc1ccccc1N1CCN(CCCNC(=O)c2ccc3c(c2)C(=O)N(c2ccccc2)C3=O)CC1. The predicted octanol–water partition coefficient (Wildman–Crippen LogP) is 3.44. The highest BCUT2D eigenvalue weighted by Crippen LogP contribution is 2.29. The van der Waals surface area contributed by atoms with Crippen LogP contribution < -0.4 is 19.9 Å². The summed E-state index contributed by atoms with van der Waals surface area (Å²) in [5.41, 5.74) is 2.59. The van der Waals surface area contributed by atoms with Crippen LogP contribution in [-0.2, 0) is 0 Å². The van der Waals surface area contributed by atoms with Crippen LogP contribution >= 0.6 is 0 Å². The minimum Gasteiger partial charge on any atom is -0.495 e. The lowest BCUT2D eigenvalue weighted by molar-refractivity contribution is 0.0923. The summed E-state index contributed by atoms with van der Waals surface area (Å²) < 4.78 is 5.49. The van der Waals surface area contributed by atoms with Crippen LogP contribution in [0.5, 0.6) is 5.75 Å². The molecule has 0 saturated carbocycles. The van der Waals surface area contributed by atoms with Gasteiger partial charge in [0, 0.05) is 38.3 Å². The van der Waals surface area contributed by atoms with Crippen LogP contribution in [-0.4, -0.2) is 69.0 Å². The van der Waals surface area contributed by atoms with E-state index >= 15 is 0 Å². The Hall–Kier alpha value is -4.17. The lowest BCUT2D eigenvalue weighted by atomic mass is 10.1. The normalized spacial score (nSPS) is 15.6. The van der Waals surface area contributed by atoms with Gasteiger partial charge < -0.3 is 15.0 Å². The van der Waals surface area contributed by atoms with E-state index in [4.69, 9.17) is 4.74 Å². The minimum absolute atomic E-state index is 0.248. The van der Waals surface area contributed by atoms with E-state index in [1.54, 1.807) is 43.5 Å². The molecule has 0 aromatic heterocycles. The van der Waals surface area contributed by atoms with E-state index in [9.17, 15) is 14.4 Å². The number of imide groups is 1. The number of piperazine rings is 1. The fraction of sp³-hybridized carbons (Fsp3) is 0.276. The summed E-state index contributed by atoms with van der Waals surface area (Å²) in [4.78, 5) is 44.3. The second kappa shape index (κ2) is 10.8. The number of carbonyl (C=O) groups is 3. The van der Waals surface area contributed by atoms with E-state index in [1.807, 2.05) is 24.3 Å². The second-order valence-electron chi connectivity index (χ2n) is 9.15. The van der Waals surface area contributed by atoms with Crippen LogP contribution in [0.15, 0.2) is 72.8 Å². The molecule has 5 rings (SSSR count). The van der Waals surface area contributed by atoms with Crippen LogP contribution in [0.3, 0.4) is 0 Å². The summed E-state index contributed by atoms with van der Waals surface area (Å²) in [5, 5.41) is 2.95. The standard InChI is InChI=1S/C29H30N4O4/c1-37-26-11-6-5-10-25(26)32-18-16-31(17-19-32)15-7-14-30-27(34)21-12-13-23-24(20-21)29(36)33(28(23)35)22-8-3-2-4-9-22/h2-6,8-13,20H,7,14-19H2,1H3,(H,30,34). The molecule has 1 fully saturated rings. The number of anilines is 2. The summed E-state index contributed by atoms with van der Waals surface area (Å²) in [6.45, 7) is 5.17. The second-order valence-corrected chi connectivity index (χ2v) is 9.15. The Morgan fingerprint density at radius 3 is 2.32 bits per heavy atom. The molecule has 0 atom stereocenters. The number of rotatable bonds is 8. The monoisotopic (exact) mass is 498 g/mol. The fourth-order valence-corrected chi connectivity index (χ4v) is 4.90. The summed E-state index contributed by atoms with van der Waals surface area (Å²) in [6, 6.07) is 21.6. The number of ether oxygens (including phenoxy) is 1. The van der Waals surface area contributed by atoms with E-state index in [0.717, 1.165) is 55.5 Å². The Balaban J connectivity index is 1.10. The molecule has 0 aliphatic carbocycles. The molecule has 37 heavy (non-hydrogen) atoms. The van der Waals surface area contributed by atoms with Crippen LogP contribution in [0.1, 0.15) is 37.5 Å². The lowest BCUT2D eigenvalue weighted by Gasteiger charge is -2.36. The summed E-state index contributed by atoms with van der Waals surface area (Å²) in [5.74, 6) is -0.136. The van der Waals surface area contributed by atoms with Gasteiger partial charge in [-0.1, -0.05) is 30.3 Å². The molecule has 3 amide bonds. The largest absolute Gasteiger partial charge is 0.495 e. The van der Waals surface area contributed by atoms with Crippen molar-refractivity contribution in [2.24, 2.45) is 0 Å². The first-order chi connectivity index (χ1) is 18.1. The van der Waals surface area contributed by atoms with Crippen molar-refractivity contribution in [3.8, 4) is 5.75 Å². The van der Waals surface area contributed by atoms with Gasteiger partial charge in [0.05, 0.1) is 29.6 Å². The van der Waals surface area contributed by atoms with Crippen molar-refractivity contribution in [2.45, 2.75) is 6.42 Å². The Morgan fingerprint density at radius 1 is 0.865 bits per heavy atom. The van der Waals surface area contributed by atoms with Gasteiger partial charge in [-0.05, 0) is 55.4 Å². The molecule has 2 aliphatic heterocycles. The van der Waals surface area contributed by atoms with E-state index in [-0.39, 0.29) is 17.4 Å². The van der Waals surface area contributed by atoms with Crippen LogP contribution in [0.4, 0.5) is 11.4 Å². The third-order valence-corrected chi connectivity index (χ3v) is 6.90. The number of nitrogens with one attached hydrogen (secondary N) is 1. The first-order valence-corrected chi connectivity index (χ1v) is 12.5. The van der Waals surface area contributed by atoms with Crippen molar-refractivity contribution in [1.29, 1.82) is 0 Å². The van der Waals surface area contributed by atoms with Gasteiger partial charge in [-0.2, -0.15) is 0 Å². The predicted molar refractivity (Wildman–Crippen MR) is 143 cm³/mol. The fourth-order valence-electron chi connectivity index (χ4n) is 4.90. The van der Waals surface area contributed by atoms with E-state index in [0.29, 0.717) is 23.4 Å². The topological polar surface area (TPSA) is 82.2 Å². The van der Waals surface area contributed by atoms with Gasteiger partial charge in [0.1, 0.15) is 5.75 Å². The maximum Gasteiger partial charge on any atom is 0.266 e. The highest BCUT2D eigenvalue weighted by atomic mass is 16.5. The molecule has 0 radical (unpaired) electrons. The van der Waals surface area contributed by atoms with Gasteiger partial charge in [0.15, 0.2) is 0 Å². The highest BCUT2D eigenvalue weighted by Gasteiger charge is 2.37. The van der Waals surface area contributed by atoms with Crippen molar-refractivity contribution in [3.63, 3.8) is 0 Å². The quantitative estimate of drug-likeness (QED) is 0.379. The number of fused-ring (bicyclic) bond motifs is 1. The van der Waals surface area contributed by atoms with E-state index < -0.39 is 5.91 Å². The van der Waals surface area contributed by atoms with Crippen LogP contribution in [0.25, 0.3) is 0 Å². The zero-order valence-electron chi connectivity index (χ0n) is 20.9. The Bertz CT molecular complexity index is 1300. The molecular formula is C29H30N4O4. The Labute approximate surface area is 216 Å². The van der Waals surface area contributed by atoms with Crippen LogP contribution in [0, 0.1) is 0 Å².